The fraction of sp³-hybridized carbons (Fsp3) is 0.759. The minimum absolute atomic E-state index is 0.0480. The fourth-order valence-corrected chi connectivity index (χ4v) is 8.52. The lowest BCUT2D eigenvalue weighted by Gasteiger charge is -2.27. The Labute approximate surface area is 383 Å². The number of thiophene rings is 1. The van der Waals surface area contributed by atoms with Crippen LogP contribution in [0.25, 0.3) is 0 Å². The van der Waals surface area contributed by atoms with E-state index in [0.717, 1.165) is 74.8 Å². The zero-order valence-electron chi connectivity index (χ0n) is 41.7. The summed E-state index contributed by atoms with van der Waals surface area (Å²) in [6, 6.07) is 0. The number of carbonyl (C=O) groups excluding carboxylic acids is 3. The van der Waals surface area contributed by atoms with Crippen molar-refractivity contribution in [3.63, 3.8) is 0 Å². The first-order valence-corrected chi connectivity index (χ1v) is 26.4. The maximum Gasteiger partial charge on any atom is 0.252 e. The molecule has 0 aliphatic carbocycles. The van der Waals surface area contributed by atoms with Gasteiger partial charge in [0.2, 0.25) is 5.91 Å². The smallest absolute Gasteiger partial charge is 0.252 e. The van der Waals surface area contributed by atoms with Crippen molar-refractivity contribution in [2.45, 2.75) is 235 Å². The molecule has 2 amide bonds. The lowest BCUT2D eigenvalue weighted by Crippen LogP contribution is -2.36. The Hall–Kier alpha value is -2.51. The Balaban J connectivity index is 0. The van der Waals surface area contributed by atoms with Crippen LogP contribution in [0, 0.1) is 6.92 Å². The molecule has 1 aliphatic rings. The Morgan fingerprint density at radius 1 is 0.639 bits per heavy atom. The predicted octanol–water partition coefficient (Wildman–Crippen LogP) is 15.7. The van der Waals surface area contributed by atoms with E-state index in [-0.39, 0.29) is 11.8 Å². The number of aldehydes is 1. The van der Waals surface area contributed by atoms with E-state index in [9.17, 15) is 14.4 Å². The van der Waals surface area contributed by atoms with E-state index in [4.69, 9.17) is 0 Å². The average molecular weight is 870 g/mol. The first-order valence-electron chi connectivity index (χ1n) is 25.6. The summed E-state index contributed by atoms with van der Waals surface area (Å²) in [7, 11) is 4.10. The lowest BCUT2D eigenvalue weighted by atomic mass is 10.0. The zero-order valence-corrected chi connectivity index (χ0v) is 42.5. The van der Waals surface area contributed by atoms with Gasteiger partial charge in [-0.1, -0.05) is 161 Å². The number of rotatable bonds is 34. The first kappa shape index (κ1) is 60.6. The van der Waals surface area contributed by atoms with Gasteiger partial charge in [0.1, 0.15) is 6.29 Å². The second-order valence-electron chi connectivity index (χ2n) is 16.4. The number of fused-ring (bicyclic) bond motifs is 1. The minimum atomic E-state index is 0.0480. The summed E-state index contributed by atoms with van der Waals surface area (Å²) in [4.78, 5) is 42.2. The first-order chi connectivity index (χ1) is 29.8. The fourth-order valence-electron chi connectivity index (χ4n) is 7.28. The highest BCUT2D eigenvalue weighted by Gasteiger charge is 2.28. The topological polar surface area (TPSA) is 69.7 Å². The van der Waals surface area contributed by atoms with E-state index in [1.807, 2.05) is 53.6 Å². The van der Waals surface area contributed by atoms with Crippen LogP contribution in [0.1, 0.15) is 241 Å². The van der Waals surface area contributed by atoms with Gasteiger partial charge in [-0.15, -0.1) is 11.3 Å². The number of allylic oxidation sites excluding steroid dienone is 6. The van der Waals surface area contributed by atoms with E-state index < -0.39 is 0 Å². The lowest BCUT2D eigenvalue weighted by molar-refractivity contribution is -0.132. The molecular weight excluding hydrogens is 771 g/mol. The van der Waals surface area contributed by atoms with E-state index in [0.29, 0.717) is 19.5 Å². The third-order valence-electron chi connectivity index (χ3n) is 10.8. The number of aryl methyl sites for hydroxylation is 1. The molecule has 0 radical (unpaired) electrons. The van der Waals surface area contributed by atoms with Gasteiger partial charge >= 0.3 is 0 Å². The monoisotopic (exact) mass is 870 g/mol. The number of amides is 2. The molecule has 6 nitrogen and oxygen atoms in total. The Kier molecular flexibility index (Phi) is 46.7. The molecule has 1 aromatic rings. The van der Waals surface area contributed by atoms with Crippen LogP contribution >= 0.6 is 11.3 Å². The van der Waals surface area contributed by atoms with Gasteiger partial charge in [0.15, 0.2) is 0 Å². The van der Waals surface area contributed by atoms with Gasteiger partial charge in [-0.2, -0.15) is 0 Å². The van der Waals surface area contributed by atoms with Crippen molar-refractivity contribution in [1.29, 1.82) is 0 Å². The number of hydrogen-bond donors (Lipinski definition) is 1. The molecule has 0 saturated heterocycles. The predicted molar refractivity (Wildman–Crippen MR) is 271 cm³/mol. The summed E-state index contributed by atoms with van der Waals surface area (Å²) in [5.74, 6) is 0.320. The molecule has 61 heavy (non-hydrogen) atoms. The summed E-state index contributed by atoms with van der Waals surface area (Å²) in [6.45, 7) is 17.6. The molecule has 1 aliphatic heterocycles. The molecule has 2 heterocycles. The zero-order chi connectivity index (χ0) is 45.6. The summed E-state index contributed by atoms with van der Waals surface area (Å²) < 4.78 is 0. The molecule has 1 N–H and O–H groups in total. The Morgan fingerprint density at radius 3 is 1.62 bits per heavy atom. The molecule has 0 aromatic carbocycles. The molecule has 1 aromatic heterocycles. The molecule has 354 valence electrons. The normalized spacial score (nSPS) is 12.2. The summed E-state index contributed by atoms with van der Waals surface area (Å²) in [6.07, 6.45) is 48.3. The molecular formula is C54H99N3O3S. The average Bonchev–Trinajstić information content (AvgIpc) is 3.61. The van der Waals surface area contributed by atoms with Crippen molar-refractivity contribution >= 4 is 29.4 Å². The third-order valence-corrected chi connectivity index (χ3v) is 11.9. The summed E-state index contributed by atoms with van der Waals surface area (Å²) in [5.41, 5.74) is 2.03. The van der Waals surface area contributed by atoms with Gasteiger partial charge in [-0.25, -0.2) is 0 Å². The highest BCUT2D eigenvalue weighted by Crippen LogP contribution is 2.33. The van der Waals surface area contributed by atoms with Crippen molar-refractivity contribution in [3.8, 4) is 0 Å². The number of unbranched alkanes of at least 4 members (excludes halogenated alkanes) is 20. The largest absolute Gasteiger partial charge is 0.352 e. The van der Waals surface area contributed by atoms with Gasteiger partial charge in [-0.05, 0) is 117 Å². The number of nitrogens with zero attached hydrogens (tertiary/aromatic N) is 2. The van der Waals surface area contributed by atoms with Gasteiger partial charge in [-0.3, -0.25) is 9.59 Å². The van der Waals surface area contributed by atoms with Crippen LogP contribution < -0.4 is 5.32 Å². The molecule has 2 rings (SSSR count). The van der Waals surface area contributed by atoms with Gasteiger partial charge < -0.3 is 19.9 Å². The second kappa shape index (κ2) is 47.0. The standard InChI is InChI=1S/C32H55N3O2S.C18H32O.2C2H6/c1-5-6-7-8-9-10-11-12-13-14-15-16-17-18-19-21-30(36)35-25-22-28-29(26-35)38-27(2)31(28)32(37)33-23-20-24-34(3)4;1-2-3-4-5-6-7-8-9-10-11-12-13-14-15-16-17-18-19;2*1-2/h12-13H,5-11,14-26H2,1-4H3,(H,33,37);6-7,9-10,18H,2-5,8,11-17H2,1H3;2*1-2H3/b13-12-;7-6-,10-9-;;. The van der Waals surface area contributed by atoms with Crippen LogP contribution in [-0.2, 0) is 22.6 Å². The maximum absolute atomic E-state index is 12.8. The highest BCUT2D eigenvalue weighted by atomic mass is 32.1. The molecule has 0 bridgehead atoms. The van der Waals surface area contributed by atoms with Crippen LogP contribution in [0.2, 0.25) is 0 Å². The molecule has 7 heteroatoms. The Morgan fingerprint density at radius 2 is 1.10 bits per heavy atom. The van der Waals surface area contributed by atoms with E-state index in [1.54, 1.807) is 11.3 Å². The van der Waals surface area contributed by atoms with Crippen LogP contribution in [0.15, 0.2) is 36.5 Å². The van der Waals surface area contributed by atoms with Crippen molar-refractivity contribution in [2.75, 3.05) is 33.7 Å². The minimum Gasteiger partial charge on any atom is -0.352 e. The maximum atomic E-state index is 12.8. The highest BCUT2D eigenvalue weighted by molar-refractivity contribution is 7.12. The van der Waals surface area contributed by atoms with Crippen molar-refractivity contribution < 1.29 is 14.4 Å². The van der Waals surface area contributed by atoms with E-state index >= 15 is 0 Å². The molecule has 0 unspecified atom stereocenters. The molecule has 0 saturated carbocycles. The van der Waals surface area contributed by atoms with Crippen LogP contribution in [0.4, 0.5) is 0 Å². The summed E-state index contributed by atoms with van der Waals surface area (Å²) >= 11 is 1.69. The summed E-state index contributed by atoms with van der Waals surface area (Å²) in [5, 5.41) is 3.09. The number of hydrogen-bond acceptors (Lipinski definition) is 5. The van der Waals surface area contributed by atoms with Crippen LogP contribution in [0.3, 0.4) is 0 Å². The van der Waals surface area contributed by atoms with Crippen molar-refractivity contribution in [3.05, 3.63) is 57.3 Å². The Bertz CT molecular complexity index is 1230. The second-order valence-corrected chi connectivity index (χ2v) is 17.7. The van der Waals surface area contributed by atoms with Crippen molar-refractivity contribution in [2.24, 2.45) is 0 Å². The van der Waals surface area contributed by atoms with Gasteiger partial charge in [0, 0.05) is 35.7 Å². The van der Waals surface area contributed by atoms with Crippen molar-refractivity contribution in [1.82, 2.24) is 15.1 Å². The quantitative estimate of drug-likeness (QED) is 0.0426. The van der Waals surface area contributed by atoms with Gasteiger partial charge in [0.25, 0.3) is 5.91 Å². The van der Waals surface area contributed by atoms with Crippen LogP contribution in [-0.4, -0.2) is 61.6 Å². The number of nitrogens with one attached hydrogen (secondary N) is 1. The molecule has 0 fully saturated rings. The van der Waals surface area contributed by atoms with E-state index in [1.165, 1.54) is 139 Å². The van der Waals surface area contributed by atoms with Crippen LogP contribution in [0.5, 0.6) is 0 Å². The SMILES string of the molecule is CC.CC.CCCCC/C=C\C/C=C\CCCCCCCC=O.CCCCCCCC/C=C\CCCCCCCC(=O)N1CCc2c(sc(C)c2C(=O)NCCCN(C)C)C1. The van der Waals surface area contributed by atoms with E-state index in [2.05, 4.69) is 60.5 Å². The number of carbonyl (C=O) groups is 3. The molecule has 0 spiro atoms. The third kappa shape index (κ3) is 35.6. The van der Waals surface area contributed by atoms with Gasteiger partial charge in [0.05, 0.1) is 12.1 Å². The molecule has 0 atom stereocenters.